The lowest BCUT2D eigenvalue weighted by molar-refractivity contribution is -0.130. The van der Waals surface area contributed by atoms with Crippen molar-refractivity contribution in [2.24, 2.45) is 4.99 Å². The molecule has 176 valence electrons. The highest BCUT2D eigenvalue weighted by atomic mass is 127. The summed E-state index contributed by atoms with van der Waals surface area (Å²) in [5, 5.41) is 6.54. The SMILES string of the molecule is CCNC(=NCCC(=O)N(C)Cc1ccccc1)NCCc1ccc(OC)c(OC)c1.I. The first-order valence-corrected chi connectivity index (χ1v) is 10.6. The van der Waals surface area contributed by atoms with Crippen molar-refractivity contribution in [1.29, 1.82) is 0 Å². The Labute approximate surface area is 208 Å². The van der Waals surface area contributed by atoms with Crippen LogP contribution in [0.4, 0.5) is 0 Å². The van der Waals surface area contributed by atoms with E-state index in [2.05, 4.69) is 15.6 Å². The molecule has 0 aliphatic rings. The molecular formula is C24H35IN4O3. The smallest absolute Gasteiger partial charge is 0.224 e. The van der Waals surface area contributed by atoms with E-state index in [4.69, 9.17) is 9.47 Å². The summed E-state index contributed by atoms with van der Waals surface area (Å²) in [6, 6.07) is 15.9. The molecular weight excluding hydrogens is 519 g/mol. The highest BCUT2D eigenvalue weighted by Gasteiger charge is 2.09. The quantitative estimate of drug-likeness (QED) is 0.253. The molecule has 0 saturated heterocycles. The number of halogens is 1. The maximum absolute atomic E-state index is 12.4. The minimum atomic E-state index is 0. The van der Waals surface area contributed by atoms with Crippen molar-refractivity contribution in [3.63, 3.8) is 0 Å². The average Bonchev–Trinajstić information content (AvgIpc) is 2.79. The van der Waals surface area contributed by atoms with Crippen LogP contribution in [0.3, 0.4) is 0 Å². The first kappa shape index (κ1) is 27.5. The van der Waals surface area contributed by atoms with Crippen LogP contribution in [0.1, 0.15) is 24.5 Å². The summed E-state index contributed by atoms with van der Waals surface area (Å²) in [6.07, 6.45) is 1.18. The van der Waals surface area contributed by atoms with Crippen molar-refractivity contribution in [3.8, 4) is 11.5 Å². The van der Waals surface area contributed by atoms with Crippen molar-refractivity contribution >= 4 is 35.8 Å². The molecule has 32 heavy (non-hydrogen) atoms. The van der Waals surface area contributed by atoms with Gasteiger partial charge in [-0.2, -0.15) is 0 Å². The Kier molecular flexibility index (Phi) is 13.2. The van der Waals surface area contributed by atoms with Gasteiger partial charge >= 0.3 is 0 Å². The Morgan fingerprint density at radius 2 is 1.72 bits per heavy atom. The monoisotopic (exact) mass is 554 g/mol. The third-order valence-electron chi connectivity index (χ3n) is 4.78. The molecule has 0 bridgehead atoms. The first-order valence-electron chi connectivity index (χ1n) is 10.6. The minimum absolute atomic E-state index is 0. The van der Waals surface area contributed by atoms with Crippen LogP contribution in [0.2, 0.25) is 0 Å². The van der Waals surface area contributed by atoms with Gasteiger partial charge in [-0.1, -0.05) is 36.4 Å². The number of nitrogens with zero attached hydrogens (tertiary/aromatic N) is 2. The molecule has 0 aliphatic carbocycles. The van der Waals surface area contributed by atoms with Crippen molar-refractivity contribution in [1.82, 2.24) is 15.5 Å². The van der Waals surface area contributed by atoms with Crippen LogP contribution in [0.5, 0.6) is 11.5 Å². The first-order chi connectivity index (χ1) is 15.1. The van der Waals surface area contributed by atoms with Crippen molar-refractivity contribution in [2.75, 3.05) is 40.9 Å². The lowest BCUT2D eigenvalue weighted by Gasteiger charge is -2.17. The van der Waals surface area contributed by atoms with Crippen LogP contribution in [0, 0.1) is 0 Å². The Hall–Kier alpha value is -2.49. The second-order valence-corrected chi connectivity index (χ2v) is 7.11. The molecule has 0 saturated carbocycles. The minimum Gasteiger partial charge on any atom is -0.493 e. The molecule has 0 radical (unpaired) electrons. The molecule has 0 spiro atoms. The second kappa shape index (κ2) is 15.3. The Morgan fingerprint density at radius 1 is 1.00 bits per heavy atom. The van der Waals surface area contributed by atoms with E-state index in [1.807, 2.05) is 62.5 Å². The van der Waals surface area contributed by atoms with E-state index in [0.717, 1.165) is 35.6 Å². The Morgan fingerprint density at radius 3 is 2.38 bits per heavy atom. The van der Waals surface area contributed by atoms with E-state index in [9.17, 15) is 4.79 Å². The zero-order chi connectivity index (χ0) is 22.5. The predicted molar refractivity (Wildman–Crippen MR) is 140 cm³/mol. The summed E-state index contributed by atoms with van der Waals surface area (Å²) < 4.78 is 10.6. The van der Waals surface area contributed by atoms with Gasteiger partial charge in [0.05, 0.1) is 20.8 Å². The summed E-state index contributed by atoms with van der Waals surface area (Å²) in [5.41, 5.74) is 2.26. The van der Waals surface area contributed by atoms with Crippen molar-refractivity contribution in [2.45, 2.75) is 26.3 Å². The van der Waals surface area contributed by atoms with E-state index >= 15 is 0 Å². The number of ether oxygens (including phenoxy) is 2. The standard InChI is InChI=1S/C24H34N4O3.HI/c1-5-25-24(26-15-13-19-11-12-21(30-3)22(17-19)31-4)27-16-14-23(29)28(2)18-20-9-7-6-8-10-20;/h6-12,17H,5,13-16,18H2,1-4H3,(H2,25,26,27);1H. The van der Waals surface area contributed by atoms with Crippen LogP contribution in [-0.2, 0) is 17.8 Å². The van der Waals surface area contributed by atoms with Gasteiger partial charge in [-0.25, -0.2) is 0 Å². The van der Waals surface area contributed by atoms with Crippen LogP contribution in [0.25, 0.3) is 0 Å². The number of benzene rings is 2. The molecule has 0 aliphatic heterocycles. The predicted octanol–water partition coefficient (Wildman–Crippen LogP) is 3.47. The topological polar surface area (TPSA) is 75.2 Å². The van der Waals surface area contributed by atoms with Gasteiger partial charge < -0.3 is 25.0 Å². The maximum atomic E-state index is 12.4. The summed E-state index contributed by atoms with van der Waals surface area (Å²) in [4.78, 5) is 18.7. The van der Waals surface area contributed by atoms with Gasteiger partial charge in [0.15, 0.2) is 17.5 Å². The van der Waals surface area contributed by atoms with Gasteiger partial charge in [0.1, 0.15) is 0 Å². The number of hydrogen-bond acceptors (Lipinski definition) is 4. The number of carbonyl (C=O) groups is 1. The normalized spacial score (nSPS) is 10.7. The van der Waals surface area contributed by atoms with E-state index in [0.29, 0.717) is 32.0 Å². The summed E-state index contributed by atoms with van der Waals surface area (Å²) in [5.74, 6) is 2.23. The van der Waals surface area contributed by atoms with Gasteiger partial charge in [-0.05, 0) is 36.6 Å². The molecule has 1 amide bonds. The molecule has 0 fully saturated rings. The van der Waals surface area contributed by atoms with E-state index < -0.39 is 0 Å². The molecule has 2 aromatic rings. The number of rotatable bonds is 11. The molecule has 0 unspecified atom stereocenters. The van der Waals surface area contributed by atoms with Crippen molar-refractivity contribution in [3.05, 3.63) is 59.7 Å². The van der Waals surface area contributed by atoms with Crippen molar-refractivity contribution < 1.29 is 14.3 Å². The zero-order valence-electron chi connectivity index (χ0n) is 19.4. The number of nitrogens with one attached hydrogen (secondary N) is 2. The molecule has 2 aromatic carbocycles. The fraction of sp³-hybridized carbons (Fsp3) is 0.417. The maximum Gasteiger partial charge on any atom is 0.224 e. The third-order valence-corrected chi connectivity index (χ3v) is 4.78. The van der Waals surface area contributed by atoms with Gasteiger partial charge in [0.2, 0.25) is 5.91 Å². The van der Waals surface area contributed by atoms with Gasteiger partial charge in [0.25, 0.3) is 0 Å². The number of aliphatic imine (C=N–C) groups is 1. The number of amides is 1. The fourth-order valence-corrected chi connectivity index (χ4v) is 3.10. The number of carbonyl (C=O) groups excluding carboxylic acids is 1. The summed E-state index contributed by atoms with van der Waals surface area (Å²) in [7, 11) is 5.09. The lowest BCUT2D eigenvalue weighted by atomic mass is 10.1. The fourth-order valence-electron chi connectivity index (χ4n) is 3.10. The van der Waals surface area contributed by atoms with Gasteiger partial charge in [-0.3, -0.25) is 9.79 Å². The molecule has 0 atom stereocenters. The number of hydrogen-bond donors (Lipinski definition) is 2. The van der Waals surface area contributed by atoms with Crippen LogP contribution in [-0.4, -0.2) is 57.7 Å². The van der Waals surface area contributed by atoms with Crippen LogP contribution in [0.15, 0.2) is 53.5 Å². The van der Waals surface area contributed by atoms with Gasteiger partial charge in [0, 0.05) is 33.1 Å². The molecule has 2 rings (SSSR count). The molecule has 2 N–H and O–H groups in total. The third kappa shape index (κ3) is 9.33. The highest BCUT2D eigenvalue weighted by Crippen LogP contribution is 2.27. The van der Waals surface area contributed by atoms with Crippen LogP contribution >= 0.6 is 24.0 Å². The van der Waals surface area contributed by atoms with E-state index in [1.54, 1.807) is 19.1 Å². The number of guanidine groups is 1. The molecule has 7 nitrogen and oxygen atoms in total. The largest absolute Gasteiger partial charge is 0.493 e. The van der Waals surface area contributed by atoms with Gasteiger partial charge in [-0.15, -0.1) is 24.0 Å². The Bertz CT molecular complexity index is 846. The highest BCUT2D eigenvalue weighted by molar-refractivity contribution is 14.0. The number of methoxy groups -OCH3 is 2. The Balaban J connectivity index is 0.00000512. The van der Waals surface area contributed by atoms with E-state index in [1.165, 1.54) is 0 Å². The second-order valence-electron chi connectivity index (χ2n) is 7.11. The zero-order valence-corrected chi connectivity index (χ0v) is 21.7. The van der Waals surface area contributed by atoms with E-state index in [-0.39, 0.29) is 29.9 Å². The summed E-state index contributed by atoms with van der Waals surface area (Å²) in [6.45, 7) is 4.52. The molecule has 8 heteroatoms. The lowest BCUT2D eigenvalue weighted by Crippen LogP contribution is -2.38. The summed E-state index contributed by atoms with van der Waals surface area (Å²) >= 11 is 0. The van der Waals surface area contributed by atoms with Crippen LogP contribution < -0.4 is 20.1 Å². The molecule has 0 heterocycles. The molecule has 0 aromatic heterocycles. The average molecular weight is 554 g/mol.